The van der Waals surface area contributed by atoms with E-state index >= 15 is 0 Å². The van der Waals surface area contributed by atoms with Crippen molar-refractivity contribution in [1.29, 1.82) is 0 Å². The topological polar surface area (TPSA) is 83.5 Å². The Labute approximate surface area is 174 Å². The first-order valence-electron chi connectivity index (χ1n) is 9.81. The molecule has 0 aromatic heterocycles. The van der Waals surface area contributed by atoms with Gasteiger partial charge in [0.1, 0.15) is 18.3 Å². The van der Waals surface area contributed by atoms with Gasteiger partial charge in [0.25, 0.3) is 0 Å². The molecular formula is C23H24O7. The maximum absolute atomic E-state index is 12.7. The normalized spacial score (nSPS) is 30.8. The van der Waals surface area contributed by atoms with Gasteiger partial charge in [-0.25, -0.2) is 4.79 Å². The van der Waals surface area contributed by atoms with Crippen LogP contribution in [-0.4, -0.2) is 55.0 Å². The summed E-state index contributed by atoms with van der Waals surface area (Å²) in [5, 5.41) is 10.9. The highest BCUT2D eigenvalue weighted by Gasteiger charge is 2.52. The summed E-state index contributed by atoms with van der Waals surface area (Å²) in [5.74, 6) is -0.561. The fraction of sp³-hybridized carbons (Fsp3) is 0.348. The second-order valence-corrected chi connectivity index (χ2v) is 7.07. The molecule has 7 nitrogen and oxygen atoms in total. The van der Waals surface area contributed by atoms with E-state index in [4.69, 9.17) is 23.7 Å². The number of aliphatic hydroxyl groups excluding tert-OH is 1. The Morgan fingerprint density at radius 3 is 2.50 bits per heavy atom. The zero-order valence-electron chi connectivity index (χ0n) is 16.3. The highest BCUT2D eigenvalue weighted by Crippen LogP contribution is 2.35. The van der Waals surface area contributed by atoms with Crippen LogP contribution in [0.25, 0.3) is 0 Å². The lowest BCUT2D eigenvalue weighted by atomic mass is 9.97. The van der Waals surface area contributed by atoms with Crippen LogP contribution in [0, 0.1) is 0 Å². The number of hydrogen-bond acceptors (Lipinski definition) is 7. The molecule has 30 heavy (non-hydrogen) atoms. The summed E-state index contributed by atoms with van der Waals surface area (Å²) >= 11 is 0. The third kappa shape index (κ3) is 4.45. The molecule has 2 heterocycles. The Morgan fingerprint density at radius 2 is 1.80 bits per heavy atom. The molecule has 7 heteroatoms. The molecule has 0 bridgehead atoms. The summed E-state index contributed by atoms with van der Waals surface area (Å²) in [7, 11) is 0. The summed E-state index contributed by atoms with van der Waals surface area (Å²) in [6.07, 6.45) is -3.65. The SMILES string of the molecule is C=CCO[C@H]1O[C@@H]2CO[C@@H](c3ccccc3)O[C@H]2[C@H](OC(=O)c2ccccc2)[C@@H]1O. The van der Waals surface area contributed by atoms with Gasteiger partial charge in [-0.3, -0.25) is 0 Å². The van der Waals surface area contributed by atoms with Gasteiger partial charge in [0.2, 0.25) is 0 Å². The van der Waals surface area contributed by atoms with E-state index in [9.17, 15) is 9.90 Å². The van der Waals surface area contributed by atoms with Crippen LogP contribution in [0.15, 0.2) is 73.3 Å². The largest absolute Gasteiger partial charge is 0.453 e. The lowest BCUT2D eigenvalue weighted by molar-refractivity contribution is -0.359. The lowest BCUT2D eigenvalue weighted by Gasteiger charge is -2.47. The van der Waals surface area contributed by atoms with Gasteiger partial charge in [0.15, 0.2) is 18.7 Å². The van der Waals surface area contributed by atoms with E-state index in [0.29, 0.717) is 5.56 Å². The molecule has 2 aromatic carbocycles. The molecule has 0 saturated carbocycles. The number of aliphatic hydroxyl groups is 1. The summed E-state index contributed by atoms with van der Waals surface area (Å²) in [5.41, 5.74) is 1.20. The van der Waals surface area contributed by atoms with Crippen molar-refractivity contribution in [1.82, 2.24) is 0 Å². The molecule has 0 spiro atoms. The zero-order valence-corrected chi connectivity index (χ0v) is 16.3. The molecule has 2 aliphatic rings. The molecule has 6 atom stereocenters. The molecule has 158 valence electrons. The first kappa shape index (κ1) is 20.7. The van der Waals surface area contributed by atoms with Crippen molar-refractivity contribution < 1.29 is 33.6 Å². The van der Waals surface area contributed by atoms with Gasteiger partial charge in [-0.2, -0.15) is 0 Å². The molecular weight excluding hydrogens is 388 g/mol. The molecule has 2 saturated heterocycles. The maximum atomic E-state index is 12.7. The zero-order chi connectivity index (χ0) is 20.9. The lowest BCUT2D eigenvalue weighted by Crippen LogP contribution is -2.63. The highest BCUT2D eigenvalue weighted by atomic mass is 16.8. The average molecular weight is 412 g/mol. The van der Waals surface area contributed by atoms with E-state index in [2.05, 4.69) is 6.58 Å². The first-order chi connectivity index (χ1) is 14.7. The third-order valence-corrected chi connectivity index (χ3v) is 5.01. The quantitative estimate of drug-likeness (QED) is 0.577. The number of ether oxygens (including phenoxy) is 5. The minimum absolute atomic E-state index is 0.173. The number of carbonyl (C=O) groups is 1. The van der Waals surface area contributed by atoms with E-state index in [-0.39, 0.29) is 13.2 Å². The fourth-order valence-corrected chi connectivity index (χ4v) is 3.54. The molecule has 4 rings (SSSR count). The highest BCUT2D eigenvalue weighted by molar-refractivity contribution is 5.89. The van der Waals surface area contributed by atoms with Gasteiger partial charge in [-0.15, -0.1) is 6.58 Å². The predicted octanol–water partition coefficient (Wildman–Crippen LogP) is 2.61. The van der Waals surface area contributed by atoms with E-state index in [1.807, 2.05) is 30.3 Å². The predicted molar refractivity (Wildman–Crippen MR) is 106 cm³/mol. The summed E-state index contributed by atoms with van der Waals surface area (Å²) < 4.78 is 29.0. The first-order valence-corrected chi connectivity index (χ1v) is 9.81. The van der Waals surface area contributed by atoms with E-state index in [1.165, 1.54) is 0 Å². The maximum Gasteiger partial charge on any atom is 0.338 e. The number of benzene rings is 2. The number of carbonyl (C=O) groups excluding carboxylic acids is 1. The van der Waals surface area contributed by atoms with E-state index in [1.54, 1.807) is 36.4 Å². The van der Waals surface area contributed by atoms with Gasteiger partial charge in [0.05, 0.1) is 18.8 Å². The van der Waals surface area contributed by atoms with Crippen molar-refractivity contribution in [3.63, 3.8) is 0 Å². The molecule has 0 unspecified atom stereocenters. The molecule has 2 fully saturated rings. The smallest absolute Gasteiger partial charge is 0.338 e. The minimum atomic E-state index is -1.24. The second kappa shape index (κ2) is 9.51. The van der Waals surface area contributed by atoms with Crippen molar-refractivity contribution in [2.45, 2.75) is 37.0 Å². The van der Waals surface area contributed by atoms with Gasteiger partial charge >= 0.3 is 5.97 Å². The number of rotatable bonds is 6. The van der Waals surface area contributed by atoms with Crippen LogP contribution in [0.1, 0.15) is 22.2 Å². The minimum Gasteiger partial charge on any atom is -0.453 e. The summed E-state index contributed by atoms with van der Waals surface area (Å²) in [6.45, 7) is 3.98. The van der Waals surface area contributed by atoms with Crippen LogP contribution >= 0.6 is 0 Å². The average Bonchev–Trinajstić information content (AvgIpc) is 2.80. The van der Waals surface area contributed by atoms with Crippen molar-refractivity contribution in [2.75, 3.05) is 13.2 Å². The van der Waals surface area contributed by atoms with Crippen LogP contribution in [0.5, 0.6) is 0 Å². The third-order valence-electron chi connectivity index (χ3n) is 5.01. The Kier molecular flexibility index (Phi) is 6.56. The standard InChI is InChI=1S/C23H24O7/c1-2-13-26-23-18(24)20(29-21(25)15-9-5-3-6-10-15)19-17(28-23)14-27-22(30-19)16-11-7-4-8-12-16/h2-12,17-20,22-24H,1,13-14H2/t17-,18+,19-,20-,22-,23+/m1/s1. The Hall–Kier alpha value is -2.55. The van der Waals surface area contributed by atoms with E-state index < -0.39 is 43.0 Å². The van der Waals surface area contributed by atoms with Crippen LogP contribution in [0.3, 0.4) is 0 Å². The fourth-order valence-electron chi connectivity index (χ4n) is 3.54. The Balaban J connectivity index is 1.56. The van der Waals surface area contributed by atoms with Crippen LogP contribution < -0.4 is 0 Å². The Morgan fingerprint density at radius 1 is 1.10 bits per heavy atom. The monoisotopic (exact) mass is 412 g/mol. The summed E-state index contributed by atoms with van der Waals surface area (Å²) in [6, 6.07) is 18.0. The molecule has 0 aliphatic carbocycles. The van der Waals surface area contributed by atoms with Gasteiger partial charge in [0, 0.05) is 5.56 Å². The van der Waals surface area contributed by atoms with Crippen LogP contribution in [0.2, 0.25) is 0 Å². The number of esters is 1. The van der Waals surface area contributed by atoms with Crippen LogP contribution in [-0.2, 0) is 23.7 Å². The van der Waals surface area contributed by atoms with Crippen molar-refractivity contribution >= 4 is 5.97 Å². The number of hydrogen-bond donors (Lipinski definition) is 1. The van der Waals surface area contributed by atoms with Gasteiger partial charge in [-0.1, -0.05) is 54.6 Å². The van der Waals surface area contributed by atoms with Gasteiger partial charge in [-0.05, 0) is 12.1 Å². The molecule has 2 aromatic rings. The molecule has 2 aliphatic heterocycles. The Bertz CT molecular complexity index is 841. The van der Waals surface area contributed by atoms with Crippen LogP contribution in [0.4, 0.5) is 0 Å². The van der Waals surface area contributed by atoms with Crippen molar-refractivity contribution in [2.24, 2.45) is 0 Å². The second-order valence-electron chi connectivity index (χ2n) is 7.07. The van der Waals surface area contributed by atoms with E-state index in [0.717, 1.165) is 5.56 Å². The molecule has 0 radical (unpaired) electrons. The molecule has 1 N–H and O–H groups in total. The van der Waals surface area contributed by atoms with Crippen molar-refractivity contribution in [3.05, 3.63) is 84.4 Å². The number of fused-ring (bicyclic) bond motifs is 1. The molecule has 0 amide bonds. The van der Waals surface area contributed by atoms with Gasteiger partial charge < -0.3 is 28.8 Å². The summed E-state index contributed by atoms with van der Waals surface area (Å²) in [4.78, 5) is 12.7. The van der Waals surface area contributed by atoms with Crippen molar-refractivity contribution in [3.8, 4) is 0 Å².